The van der Waals surface area contributed by atoms with E-state index in [-0.39, 0.29) is 5.41 Å². The van der Waals surface area contributed by atoms with Crippen molar-refractivity contribution in [3.8, 4) is 22.3 Å². The molecular formula is C37H43Cl2O2Si2Zr-. The Bertz CT molecular complexity index is 1510. The van der Waals surface area contributed by atoms with E-state index >= 15 is 0 Å². The number of hydrogen-bond acceptors (Lipinski definition) is 2. The molecule has 6 rings (SSSR count). The van der Waals surface area contributed by atoms with Crippen LogP contribution in [0.4, 0.5) is 0 Å². The maximum absolute atomic E-state index is 6.97. The van der Waals surface area contributed by atoms with Crippen LogP contribution in [0.3, 0.4) is 0 Å². The van der Waals surface area contributed by atoms with Crippen LogP contribution in [0.1, 0.15) is 46.2 Å². The van der Waals surface area contributed by atoms with Crippen molar-refractivity contribution in [2.24, 2.45) is 0 Å². The summed E-state index contributed by atoms with van der Waals surface area (Å²) in [5, 5.41) is 0. The molecule has 0 spiro atoms. The third-order valence-electron chi connectivity index (χ3n) is 8.61. The molecular weight excluding hydrogens is 695 g/mol. The van der Waals surface area contributed by atoms with Crippen LogP contribution in [-0.4, -0.2) is 23.2 Å². The van der Waals surface area contributed by atoms with Crippen LogP contribution in [0.25, 0.3) is 22.3 Å². The van der Waals surface area contributed by atoms with E-state index in [0.717, 1.165) is 25.7 Å². The summed E-state index contributed by atoms with van der Waals surface area (Å²) < 4.78 is 13.3. The van der Waals surface area contributed by atoms with Gasteiger partial charge in [-0.25, -0.2) is 6.61 Å². The topological polar surface area (TPSA) is 18.5 Å². The summed E-state index contributed by atoms with van der Waals surface area (Å²) in [5.41, 5.74) is 13.9. The SMILES string of the molecule is C[Si](C)(C)O[CH-]CCC(CO[Si](C)(C)C)(c1cccc2c1Cc1ccccc1-2)c1cccc2c1Cc1ccccc1-2.[Cl][Zr][Cl]. The molecule has 2 aliphatic carbocycles. The zero-order chi connectivity index (χ0) is 31.5. The number of halogens is 2. The van der Waals surface area contributed by atoms with Gasteiger partial charge in [-0.15, -0.1) is 0 Å². The van der Waals surface area contributed by atoms with E-state index < -0.39 is 37.5 Å². The van der Waals surface area contributed by atoms with Crippen LogP contribution < -0.4 is 0 Å². The van der Waals surface area contributed by atoms with Gasteiger partial charge in [-0.1, -0.05) is 91.3 Å². The standard InChI is InChI=1S/C37H43O2Si2.2ClH.Zr/c1-40(2,3)38-23-13-22-37(26-39-41(4,5)6,35-20-11-18-31-29-16-9-7-14-27(29)24-33(31)35)36-21-12-19-32-30-17-10-8-15-28(30)25-34(32)36;;;/h7-12,14-21,23H,13,22,24-26H2,1-6H3;2*1H;/q-1;;;+2/p-2. The third kappa shape index (κ3) is 7.46. The van der Waals surface area contributed by atoms with Crippen molar-refractivity contribution < 1.29 is 29.7 Å². The molecule has 0 bridgehead atoms. The molecule has 0 saturated carbocycles. The van der Waals surface area contributed by atoms with E-state index in [9.17, 15) is 0 Å². The van der Waals surface area contributed by atoms with Crippen LogP contribution in [0.15, 0.2) is 84.9 Å². The Hall–Kier alpha value is -1.30. The Morgan fingerprint density at radius 1 is 0.659 bits per heavy atom. The van der Waals surface area contributed by atoms with Crippen LogP contribution in [-0.2, 0) is 48.0 Å². The van der Waals surface area contributed by atoms with Crippen LogP contribution >= 0.6 is 17.0 Å². The van der Waals surface area contributed by atoms with Gasteiger partial charge >= 0.3 is 37.9 Å². The molecule has 2 nitrogen and oxygen atoms in total. The monoisotopic (exact) mass is 735 g/mol. The van der Waals surface area contributed by atoms with E-state index in [2.05, 4.69) is 131 Å². The summed E-state index contributed by atoms with van der Waals surface area (Å²) >= 11 is -0.826. The Morgan fingerprint density at radius 2 is 1.11 bits per heavy atom. The Balaban J connectivity index is 0.00000123. The van der Waals surface area contributed by atoms with Crippen molar-refractivity contribution in [2.75, 3.05) is 6.61 Å². The van der Waals surface area contributed by atoms with E-state index in [1.54, 1.807) is 0 Å². The minimum atomic E-state index is -1.82. The fourth-order valence-corrected chi connectivity index (χ4v) is 8.10. The number of benzene rings is 4. The predicted molar refractivity (Wildman–Crippen MR) is 189 cm³/mol. The molecule has 7 heteroatoms. The second kappa shape index (κ2) is 14.2. The molecule has 4 aromatic rings. The van der Waals surface area contributed by atoms with Crippen molar-refractivity contribution in [3.63, 3.8) is 0 Å². The van der Waals surface area contributed by atoms with Gasteiger partial charge in [0.1, 0.15) is 8.32 Å². The summed E-state index contributed by atoms with van der Waals surface area (Å²) in [6.45, 7) is 16.5. The molecule has 0 atom stereocenters. The quantitative estimate of drug-likeness (QED) is 0.0792. The maximum atomic E-state index is 6.97. The molecule has 44 heavy (non-hydrogen) atoms. The fourth-order valence-electron chi connectivity index (χ4n) is 6.81. The fraction of sp³-hybridized carbons (Fsp3) is 0.324. The van der Waals surface area contributed by atoms with Gasteiger partial charge in [-0.3, -0.25) is 0 Å². The van der Waals surface area contributed by atoms with Gasteiger partial charge in [0.2, 0.25) is 0 Å². The normalized spacial score (nSPS) is 13.4. The van der Waals surface area contributed by atoms with Gasteiger partial charge in [0, 0.05) is 12.0 Å². The van der Waals surface area contributed by atoms with Gasteiger partial charge < -0.3 is 8.85 Å². The average molecular weight is 738 g/mol. The average Bonchev–Trinajstić information content (AvgIpc) is 3.55. The first-order valence-electron chi connectivity index (χ1n) is 15.5. The molecule has 0 fully saturated rings. The first-order chi connectivity index (χ1) is 21.0. The minimum absolute atomic E-state index is 0.291. The van der Waals surface area contributed by atoms with Gasteiger partial charge in [0.25, 0.3) is 0 Å². The second-order valence-corrected chi connectivity index (χ2v) is 26.5. The molecule has 0 saturated heterocycles. The molecule has 2 aliphatic rings. The molecule has 0 radical (unpaired) electrons. The molecule has 0 aliphatic heterocycles. The molecule has 0 heterocycles. The summed E-state index contributed by atoms with van der Waals surface area (Å²) in [5.74, 6) is 0. The van der Waals surface area contributed by atoms with Gasteiger partial charge in [0.15, 0.2) is 8.32 Å². The van der Waals surface area contributed by atoms with Crippen LogP contribution in [0, 0.1) is 6.61 Å². The molecule has 4 aromatic carbocycles. The van der Waals surface area contributed by atoms with Crippen molar-refractivity contribution in [2.45, 2.75) is 70.4 Å². The third-order valence-corrected chi connectivity index (χ3v) is 10.5. The Kier molecular flexibility index (Phi) is 11.0. The van der Waals surface area contributed by atoms with E-state index in [0.29, 0.717) is 6.61 Å². The van der Waals surface area contributed by atoms with E-state index in [4.69, 9.17) is 25.9 Å². The van der Waals surface area contributed by atoms with Crippen LogP contribution in [0.2, 0.25) is 39.3 Å². The van der Waals surface area contributed by atoms with E-state index in [1.807, 2.05) is 0 Å². The second-order valence-electron chi connectivity index (χ2n) is 13.8. The first-order valence-corrected chi connectivity index (χ1v) is 28.6. The van der Waals surface area contributed by atoms with Gasteiger partial charge in [-0.05, 0) is 108 Å². The number of rotatable bonds is 10. The van der Waals surface area contributed by atoms with Crippen molar-refractivity contribution in [1.82, 2.24) is 0 Å². The molecule has 0 N–H and O–H groups in total. The summed E-state index contributed by atoms with van der Waals surface area (Å²) in [4.78, 5) is 0. The van der Waals surface area contributed by atoms with Gasteiger partial charge in [0.05, 0.1) is 0 Å². The number of hydrogen-bond donors (Lipinski definition) is 0. The molecule has 230 valence electrons. The summed E-state index contributed by atoms with van der Waals surface area (Å²) in [7, 11) is 6.38. The molecule has 0 amide bonds. The van der Waals surface area contributed by atoms with Crippen molar-refractivity contribution in [3.05, 3.63) is 125 Å². The van der Waals surface area contributed by atoms with Gasteiger partial charge in [-0.2, -0.15) is 6.42 Å². The first kappa shape index (κ1) is 34.0. The van der Waals surface area contributed by atoms with Crippen LogP contribution in [0.5, 0.6) is 0 Å². The summed E-state index contributed by atoms with van der Waals surface area (Å²) in [6, 6.07) is 31.9. The van der Waals surface area contributed by atoms with Crippen molar-refractivity contribution >= 4 is 33.7 Å². The summed E-state index contributed by atoms with van der Waals surface area (Å²) in [6.07, 6.45) is 3.77. The molecule has 0 aromatic heterocycles. The molecule has 0 unspecified atom stereocenters. The van der Waals surface area contributed by atoms with Crippen molar-refractivity contribution in [1.29, 1.82) is 0 Å². The number of fused-ring (bicyclic) bond motifs is 6. The zero-order valence-corrected chi connectivity index (χ0v) is 32.7. The predicted octanol–water partition coefficient (Wildman–Crippen LogP) is 11.1. The Morgan fingerprint density at radius 3 is 1.57 bits per heavy atom. The van der Waals surface area contributed by atoms with E-state index in [1.165, 1.54) is 55.6 Å². The zero-order valence-electron chi connectivity index (χ0n) is 26.8. The Labute approximate surface area is 285 Å².